The monoisotopic (exact) mass is 304 g/mol. The topological polar surface area (TPSA) is 26.3 Å². The van der Waals surface area contributed by atoms with Crippen molar-refractivity contribution < 1.29 is 9.53 Å². The van der Waals surface area contributed by atoms with Crippen LogP contribution in [0.4, 0.5) is 0 Å². The number of carbonyl (C=O) groups is 1. The molecule has 0 aliphatic heterocycles. The molecule has 0 saturated heterocycles. The normalized spacial score (nSPS) is 11.1. The summed E-state index contributed by atoms with van der Waals surface area (Å²) in [5.74, 6) is -0.210. The van der Waals surface area contributed by atoms with E-state index in [1.807, 2.05) is 38.1 Å². The molecule has 0 bridgehead atoms. The van der Waals surface area contributed by atoms with Gasteiger partial charge in [-0.05, 0) is 54.1 Å². The number of halogens is 1. The van der Waals surface area contributed by atoms with E-state index in [2.05, 4.69) is 22.6 Å². The third-order valence-electron chi connectivity index (χ3n) is 2.26. The minimum absolute atomic E-state index is 0.210. The number of rotatable bonds is 2. The van der Waals surface area contributed by atoms with Crippen LogP contribution < -0.4 is 0 Å². The van der Waals surface area contributed by atoms with Crippen LogP contribution >= 0.6 is 22.6 Å². The molecule has 76 valence electrons. The van der Waals surface area contributed by atoms with Crippen LogP contribution in [-0.2, 0) is 14.9 Å². The molecule has 0 aromatic heterocycles. The van der Waals surface area contributed by atoms with Gasteiger partial charge in [-0.15, -0.1) is 0 Å². The van der Waals surface area contributed by atoms with Gasteiger partial charge in [0.15, 0.2) is 0 Å². The van der Waals surface area contributed by atoms with Gasteiger partial charge >= 0.3 is 5.97 Å². The van der Waals surface area contributed by atoms with Crippen molar-refractivity contribution in [3.63, 3.8) is 0 Å². The fourth-order valence-corrected chi connectivity index (χ4v) is 1.60. The number of ether oxygens (including phenoxy) is 1. The van der Waals surface area contributed by atoms with Crippen molar-refractivity contribution >= 4 is 28.6 Å². The average Bonchev–Trinajstić information content (AvgIpc) is 2.17. The number of esters is 1. The van der Waals surface area contributed by atoms with E-state index >= 15 is 0 Å². The maximum absolute atomic E-state index is 11.5. The first kappa shape index (κ1) is 11.5. The lowest BCUT2D eigenvalue weighted by atomic mass is 9.85. The first-order valence-electron chi connectivity index (χ1n) is 4.33. The SMILES string of the molecule is COC(=O)C(C)(C)c1ccc(I)cc1. The largest absolute Gasteiger partial charge is 0.468 e. The molecular formula is C11H13IO2. The minimum atomic E-state index is -0.570. The Hall–Kier alpha value is -0.580. The third kappa shape index (κ3) is 2.26. The third-order valence-corrected chi connectivity index (χ3v) is 2.98. The van der Waals surface area contributed by atoms with Crippen molar-refractivity contribution in [2.75, 3.05) is 7.11 Å². The van der Waals surface area contributed by atoms with Gasteiger partial charge in [-0.3, -0.25) is 4.79 Å². The quantitative estimate of drug-likeness (QED) is 0.620. The first-order chi connectivity index (χ1) is 6.48. The zero-order chi connectivity index (χ0) is 10.8. The smallest absolute Gasteiger partial charge is 0.315 e. The highest BCUT2D eigenvalue weighted by molar-refractivity contribution is 14.1. The number of benzene rings is 1. The van der Waals surface area contributed by atoms with E-state index in [1.54, 1.807) is 0 Å². The highest BCUT2D eigenvalue weighted by Gasteiger charge is 2.30. The molecule has 0 fully saturated rings. The lowest BCUT2D eigenvalue weighted by molar-refractivity contribution is -0.146. The van der Waals surface area contributed by atoms with Gasteiger partial charge in [-0.2, -0.15) is 0 Å². The predicted molar refractivity (Wildman–Crippen MR) is 64.2 cm³/mol. The Labute approximate surface area is 97.8 Å². The molecule has 0 N–H and O–H groups in total. The summed E-state index contributed by atoms with van der Waals surface area (Å²) in [5, 5.41) is 0. The molecular weight excluding hydrogens is 291 g/mol. The zero-order valence-corrected chi connectivity index (χ0v) is 10.7. The summed E-state index contributed by atoms with van der Waals surface area (Å²) in [4.78, 5) is 11.5. The van der Waals surface area contributed by atoms with Crippen molar-refractivity contribution in [3.05, 3.63) is 33.4 Å². The number of methoxy groups -OCH3 is 1. The second kappa shape index (κ2) is 4.29. The van der Waals surface area contributed by atoms with Gasteiger partial charge in [0, 0.05) is 3.57 Å². The van der Waals surface area contributed by atoms with E-state index < -0.39 is 5.41 Å². The Morgan fingerprint density at radius 1 is 1.29 bits per heavy atom. The first-order valence-corrected chi connectivity index (χ1v) is 5.41. The van der Waals surface area contributed by atoms with Gasteiger partial charge in [-0.25, -0.2) is 0 Å². The zero-order valence-electron chi connectivity index (χ0n) is 8.50. The number of carbonyl (C=O) groups excluding carboxylic acids is 1. The Balaban J connectivity index is 3.03. The van der Waals surface area contributed by atoms with E-state index in [-0.39, 0.29) is 5.97 Å². The summed E-state index contributed by atoms with van der Waals surface area (Å²) in [7, 11) is 1.41. The second-order valence-electron chi connectivity index (χ2n) is 3.62. The lowest BCUT2D eigenvalue weighted by Crippen LogP contribution is -2.30. The van der Waals surface area contributed by atoms with E-state index in [0.29, 0.717) is 0 Å². The van der Waals surface area contributed by atoms with Crippen LogP contribution in [0, 0.1) is 3.57 Å². The van der Waals surface area contributed by atoms with Crippen molar-refractivity contribution in [2.24, 2.45) is 0 Å². The summed E-state index contributed by atoms with van der Waals surface area (Å²) in [6.07, 6.45) is 0. The molecule has 0 aliphatic carbocycles. The molecule has 3 heteroatoms. The summed E-state index contributed by atoms with van der Waals surface area (Å²) < 4.78 is 5.92. The lowest BCUT2D eigenvalue weighted by Gasteiger charge is -2.21. The van der Waals surface area contributed by atoms with Gasteiger partial charge in [0.05, 0.1) is 12.5 Å². The van der Waals surface area contributed by atoms with Crippen LogP contribution in [0.2, 0.25) is 0 Å². The molecule has 0 unspecified atom stereocenters. The van der Waals surface area contributed by atoms with E-state index in [1.165, 1.54) is 7.11 Å². The van der Waals surface area contributed by atoms with Crippen LogP contribution in [0.5, 0.6) is 0 Å². The highest BCUT2D eigenvalue weighted by atomic mass is 127. The van der Waals surface area contributed by atoms with Crippen LogP contribution in [0.25, 0.3) is 0 Å². The molecule has 0 spiro atoms. The molecule has 0 heterocycles. The average molecular weight is 304 g/mol. The molecule has 0 atom stereocenters. The minimum Gasteiger partial charge on any atom is -0.468 e. The van der Waals surface area contributed by atoms with Crippen molar-refractivity contribution in [1.82, 2.24) is 0 Å². The Kier molecular flexibility index (Phi) is 3.53. The molecule has 1 aromatic carbocycles. The molecule has 0 saturated carbocycles. The fraction of sp³-hybridized carbons (Fsp3) is 0.364. The Morgan fingerprint density at radius 3 is 2.21 bits per heavy atom. The number of hydrogen-bond acceptors (Lipinski definition) is 2. The summed E-state index contributed by atoms with van der Waals surface area (Å²) in [6.45, 7) is 3.72. The van der Waals surface area contributed by atoms with Crippen LogP contribution in [0.1, 0.15) is 19.4 Å². The maximum Gasteiger partial charge on any atom is 0.315 e. The molecule has 0 amide bonds. The molecule has 0 aliphatic rings. The summed E-state index contributed by atoms with van der Waals surface area (Å²) in [5.41, 5.74) is 0.406. The van der Waals surface area contributed by atoms with E-state index in [0.717, 1.165) is 9.13 Å². The summed E-state index contributed by atoms with van der Waals surface area (Å²) in [6, 6.07) is 7.89. The van der Waals surface area contributed by atoms with Gasteiger partial charge < -0.3 is 4.74 Å². The van der Waals surface area contributed by atoms with Crippen LogP contribution in [0.3, 0.4) is 0 Å². The van der Waals surface area contributed by atoms with E-state index in [9.17, 15) is 4.79 Å². The Bertz CT molecular complexity index is 328. The molecule has 1 rings (SSSR count). The summed E-state index contributed by atoms with van der Waals surface area (Å²) >= 11 is 2.24. The van der Waals surface area contributed by atoms with Crippen LogP contribution in [-0.4, -0.2) is 13.1 Å². The Morgan fingerprint density at radius 2 is 1.79 bits per heavy atom. The second-order valence-corrected chi connectivity index (χ2v) is 4.87. The van der Waals surface area contributed by atoms with Gasteiger partial charge in [0.1, 0.15) is 0 Å². The van der Waals surface area contributed by atoms with Crippen LogP contribution in [0.15, 0.2) is 24.3 Å². The molecule has 2 nitrogen and oxygen atoms in total. The molecule has 1 aromatic rings. The number of hydrogen-bond donors (Lipinski definition) is 0. The molecule has 14 heavy (non-hydrogen) atoms. The van der Waals surface area contributed by atoms with Gasteiger partial charge in [-0.1, -0.05) is 12.1 Å². The van der Waals surface area contributed by atoms with Crippen molar-refractivity contribution in [3.8, 4) is 0 Å². The van der Waals surface area contributed by atoms with Gasteiger partial charge in [0.2, 0.25) is 0 Å². The van der Waals surface area contributed by atoms with Gasteiger partial charge in [0.25, 0.3) is 0 Å². The maximum atomic E-state index is 11.5. The standard InChI is InChI=1S/C11H13IO2/c1-11(2,10(13)14-3)8-4-6-9(12)7-5-8/h4-7H,1-3H3. The predicted octanol–water partition coefficient (Wildman–Crippen LogP) is 2.74. The molecule has 0 radical (unpaired) electrons. The fourth-order valence-electron chi connectivity index (χ4n) is 1.24. The highest BCUT2D eigenvalue weighted by Crippen LogP contribution is 2.25. The van der Waals surface area contributed by atoms with E-state index in [4.69, 9.17) is 4.74 Å². The van der Waals surface area contributed by atoms with Crippen molar-refractivity contribution in [2.45, 2.75) is 19.3 Å². The van der Waals surface area contributed by atoms with Crippen molar-refractivity contribution in [1.29, 1.82) is 0 Å².